The standard InChI is InChI=1S/C19H19ClN4O4/c1-2-10-22-15-5-3-4-6-16(15)23(19(22)26)11-9-18(25)21-13-7-8-14(20)17(12-13)24(27)28/h3-8,12H,2,9-11H2,1H3,(H,21,25). The predicted octanol–water partition coefficient (Wildman–Crippen LogP) is 3.80. The topological polar surface area (TPSA) is 99.2 Å². The number of fused-ring (bicyclic) bond motifs is 1. The predicted molar refractivity (Wildman–Crippen MR) is 108 cm³/mol. The Hall–Kier alpha value is -3.13. The third-order valence-corrected chi connectivity index (χ3v) is 4.68. The maximum absolute atomic E-state index is 12.7. The van der Waals surface area contributed by atoms with Crippen LogP contribution in [0.1, 0.15) is 19.8 Å². The molecule has 0 saturated carbocycles. The van der Waals surface area contributed by atoms with Crippen molar-refractivity contribution in [3.8, 4) is 0 Å². The number of anilines is 1. The van der Waals surface area contributed by atoms with Gasteiger partial charge in [0, 0.05) is 31.3 Å². The molecular formula is C19H19ClN4O4. The minimum Gasteiger partial charge on any atom is -0.326 e. The highest BCUT2D eigenvalue weighted by molar-refractivity contribution is 6.32. The Kier molecular flexibility index (Phi) is 5.79. The molecule has 2 aromatic carbocycles. The Morgan fingerprint density at radius 3 is 2.39 bits per heavy atom. The molecular weight excluding hydrogens is 384 g/mol. The Morgan fingerprint density at radius 1 is 1.14 bits per heavy atom. The minimum atomic E-state index is -0.611. The van der Waals surface area contributed by atoms with Crippen LogP contribution in [0.25, 0.3) is 11.0 Å². The highest BCUT2D eigenvalue weighted by Gasteiger charge is 2.16. The molecule has 0 aliphatic carbocycles. The van der Waals surface area contributed by atoms with Crippen molar-refractivity contribution in [2.24, 2.45) is 0 Å². The van der Waals surface area contributed by atoms with E-state index in [9.17, 15) is 19.7 Å². The maximum atomic E-state index is 12.7. The summed E-state index contributed by atoms with van der Waals surface area (Å²) >= 11 is 5.78. The number of aryl methyl sites for hydroxylation is 2. The third-order valence-electron chi connectivity index (χ3n) is 4.36. The summed E-state index contributed by atoms with van der Waals surface area (Å²) in [5.74, 6) is -0.351. The number of imidazole rings is 1. The van der Waals surface area contributed by atoms with Gasteiger partial charge in [0.1, 0.15) is 5.02 Å². The van der Waals surface area contributed by atoms with Gasteiger partial charge in [0.25, 0.3) is 5.69 Å². The third kappa shape index (κ3) is 3.91. The van der Waals surface area contributed by atoms with Crippen molar-refractivity contribution in [2.75, 3.05) is 5.32 Å². The lowest BCUT2D eigenvalue weighted by molar-refractivity contribution is -0.384. The van der Waals surface area contributed by atoms with Gasteiger partial charge < -0.3 is 5.32 Å². The summed E-state index contributed by atoms with van der Waals surface area (Å²) in [7, 11) is 0. The van der Waals surface area contributed by atoms with Crippen molar-refractivity contribution < 1.29 is 9.72 Å². The highest BCUT2D eigenvalue weighted by atomic mass is 35.5. The summed E-state index contributed by atoms with van der Waals surface area (Å²) in [5, 5.41) is 13.6. The van der Waals surface area contributed by atoms with Crippen LogP contribution in [0.3, 0.4) is 0 Å². The van der Waals surface area contributed by atoms with E-state index in [-0.39, 0.29) is 41.0 Å². The quantitative estimate of drug-likeness (QED) is 0.479. The Morgan fingerprint density at radius 2 is 1.79 bits per heavy atom. The lowest BCUT2D eigenvalue weighted by Gasteiger charge is -2.07. The summed E-state index contributed by atoms with van der Waals surface area (Å²) in [6.45, 7) is 2.81. The Balaban J connectivity index is 1.77. The lowest BCUT2D eigenvalue weighted by atomic mass is 10.2. The fraction of sp³-hybridized carbons (Fsp3) is 0.263. The molecule has 0 spiro atoms. The summed E-state index contributed by atoms with van der Waals surface area (Å²) in [6.07, 6.45) is 0.875. The number of nitrogens with zero attached hydrogens (tertiary/aromatic N) is 3. The normalized spacial score (nSPS) is 10.9. The van der Waals surface area contributed by atoms with E-state index in [2.05, 4.69) is 5.32 Å². The van der Waals surface area contributed by atoms with Gasteiger partial charge >= 0.3 is 5.69 Å². The average Bonchev–Trinajstić information content (AvgIpc) is 2.93. The van der Waals surface area contributed by atoms with Crippen molar-refractivity contribution in [2.45, 2.75) is 32.9 Å². The van der Waals surface area contributed by atoms with Gasteiger partial charge in [-0.25, -0.2) is 4.79 Å². The molecule has 9 heteroatoms. The Labute approximate surface area is 165 Å². The van der Waals surface area contributed by atoms with Gasteiger partial charge in [-0.3, -0.25) is 24.0 Å². The zero-order valence-corrected chi connectivity index (χ0v) is 16.0. The van der Waals surface area contributed by atoms with Crippen LogP contribution >= 0.6 is 11.6 Å². The molecule has 1 amide bonds. The number of para-hydroxylation sites is 2. The van der Waals surface area contributed by atoms with Crippen LogP contribution in [0.15, 0.2) is 47.3 Å². The zero-order valence-electron chi connectivity index (χ0n) is 15.2. The number of rotatable bonds is 7. The first-order chi connectivity index (χ1) is 13.4. The molecule has 0 bridgehead atoms. The summed E-state index contributed by atoms with van der Waals surface area (Å²) in [6, 6.07) is 11.5. The minimum absolute atomic E-state index is 0.00159. The fourth-order valence-corrected chi connectivity index (χ4v) is 3.28. The number of aromatic nitrogens is 2. The van der Waals surface area contributed by atoms with Crippen molar-refractivity contribution in [1.29, 1.82) is 0 Å². The molecule has 1 aromatic heterocycles. The van der Waals surface area contributed by atoms with E-state index in [1.807, 2.05) is 31.2 Å². The molecule has 3 aromatic rings. The molecule has 1 heterocycles. The number of hydrogen-bond donors (Lipinski definition) is 1. The number of nitro groups is 1. The largest absolute Gasteiger partial charge is 0.329 e. The van der Waals surface area contributed by atoms with Crippen LogP contribution in [0.2, 0.25) is 5.02 Å². The molecule has 8 nitrogen and oxygen atoms in total. The Bertz CT molecular complexity index is 1100. The number of hydrogen-bond acceptors (Lipinski definition) is 4. The number of nitro benzene ring substituents is 1. The summed E-state index contributed by atoms with van der Waals surface area (Å²) in [5.41, 5.74) is 1.46. The van der Waals surface area contributed by atoms with Gasteiger partial charge in [-0.05, 0) is 30.7 Å². The number of nitrogens with one attached hydrogen (secondary N) is 1. The molecule has 0 fully saturated rings. The van der Waals surface area contributed by atoms with E-state index in [0.29, 0.717) is 6.54 Å². The summed E-state index contributed by atoms with van der Waals surface area (Å²) in [4.78, 5) is 35.4. The molecule has 0 saturated heterocycles. The lowest BCUT2D eigenvalue weighted by Crippen LogP contribution is -2.26. The number of halogens is 1. The second kappa shape index (κ2) is 8.26. The monoisotopic (exact) mass is 402 g/mol. The van der Waals surface area contributed by atoms with Crippen LogP contribution in [0.5, 0.6) is 0 Å². The molecule has 3 rings (SSSR count). The van der Waals surface area contributed by atoms with Crippen molar-refractivity contribution in [3.63, 3.8) is 0 Å². The number of amides is 1. The first kappa shape index (κ1) is 19.6. The fourth-order valence-electron chi connectivity index (χ4n) is 3.10. The van der Waals surface area contributed by atoms with Crippen molar-refractivity contribution in [1.82, 2.24) is 9.13 Å². The van der Waals surface area contributed by atoms with E-state index in [1.54, 1.807) is 9.13 Å². The first-order valence-corrected chi connectivity index (χ1v) is 9.22. The maximum Gasteiger partial charge on any atom is 0.329 e. The average molecular weight is 403 g/mol. The molecule has 28 heavy (non-hydrogen) atoms. The van der Waals surface area contributed by atoms with E-state index in [1.165, 1.54) is 18.2 Å². The van der Waals surface area contributed by atoms with Crippen LogP contribution in [0, 0.1) is 10.1 Å². The number of carbonyl (C=O) groups excluding carboxylic acids is 1. The van der Waals surface area contributed by atoms with Gasteiger partial charge in [0.2, 0.25) is 5.91 Å². The van der Waals surface area contributed by atoms with Gasteiger partial charge in [-0.1, -0.05) is 30.7 Å². The van der Waals surface area contributed by atoms with E-state index in [0.717, 1.165) is 17.5 Å². The van der Waals surface area contributed by atoms with Crippen molar-refractivity contribution in [3.05, 3.63) is 68.1 Å². The molecule has 0 aliphatic rings. The van der Waals surface area contributed by atoms with Crippen LogP contribution < -0.4 is 11.0 Å². The second-order valence-electron chi connectivity index (χ2n) is 6.30. The highest BCUT2D eigenvalue weighted by Crippen LogP contribution is 2.27. The molecule has 0 radical (unpaired) electrons. The van der Waals surface area contributed by atoms with E-state index in [4.69, 9.17) is 11.6 Å². The zero-order chi connectivity index (χ0) is 20.3. The molecule has 0 aliphatic heterocycles. The molecule has 1 N–H and O–H groups in total. The molecule has 146 valence electrons. The van der Waals surface area contributed by atoms with Crippen LogP contribution in [-0.2, 0) is 17.9 Å². The van der Waals surface area contributed by atoms with E-state index >= 15 is 0 Å². The second-order valence-corrected chi connectivity index (χ2v) is 6.70. The summed E-state index contributed by atoms with van der Waals surface area (Å²) < 4.78 is 3.28. The van der Waals surface area contributed by atoms with Gasteiger partial charge in [0.15, 0.2) is 0 Å². The van der Waals surface area contributed by atoms with E-state index < -0.39 is 4.92 Å². The van der Waals surface area contributed by atoms with Crippen LogP contribution in [0.4, 0.5) is 11.4 Å². The number of benzene rings is 2. The molecule has 0 atom stereocenters. The van der Waals surface area contributed by atoms with Crippen molar-refractivity contribution >= 4 is 39.9 Å². The van der Waals surface area contributed by atoms with Gasteiger partial charge in [-0.15, -0.1) is 0 Å². The van der Waals surface area contributed by atoms with Gasteiger partial charge in [-0.2, -0.15) is 0 Å². The molecule has 0 unspecified atom stereocenters. The SMILES string of the molecule is CCCn1c(=O)n(CCC(=O)Nc2ccc(Cl)c([N+](=O)[O-])c2)c2ccccc21. The number of carbonyl (C=O) groups is 1. The first-order valence-electron chi connectivity index (χ1n) is 8.84. The smallest absolute Gasteiger partial charge is 0.326 e. The van der Waals surface area contributed by atoms with Gasteiger partial charge in [0.05, 0.1) is 16.0 Å². The van der Waals surface area contributed by atoms with Crippen LogP contribution in [-0.4, -0.2) is 20.0 Å².